The van der Waals surface area contributed by atoms with Crippen LogP contribution < -0.4 is 10.1 Å². The number of nitrogens with one attached hydrogen (secondary N) is 1. The molecule has 4 heteroatoms. The smallest absolute Gasteiger partial charge is 0.250 e. The second-order valence-corrected chi connectivity index (χ2v) is 3.78. The zero-order valence-corrected chi connectivity index (χ0v) is 10.6. The molecule has 17 heavy (non-hydrogen) atoms. The summed E-state index contributed by atoms with van der Waals surface area (Å²) in [4.78, 5) is 11.5. The van der Waals surface area contributed by atoms with E-state index in [2.05, 4.69) is 5.32 Å². The van der Waals surface area contributed by atoms with Gasteiger partial charge in [0.1, 0.15) is 12.4 Å². The maximum absolute atomic E-state index is 11.5. The number of carbonyl (C=O) groups excluding carboxylic acids is 1. The Balaban J connectivity index is 2.53. The fraction of sp³-hybridized carbons (Fsp3) is 0.462. The average molecular weight is 237 g/mol. The van der Waals surface area contributed by atoms with Crippen LogP contribution in [0.4, 0.5) is 5.69 Å². The van der Waals surface area contributed by atoms with Crippen LogP contribution in [0.5, 0.6) is 5.75 Å². The monoisotopic (exact) mass is 237 g/mol. The zero-order chi connectivity index (χ0) is 12.7. The number of methoxy groups -OCH3 is 1. The molecule has 0 heterocycles. The molecule has 0 aliphatic heterocycles. The molecule has 0 aromatic heterocycles. The average Bonchev–Trinajstić information content (AvgIpc) is 2.32. The third-order valence-corrected chi connectivity index (χ3v) is 2.29. The summed E-state index contributed by atoms with van der Waals surface area (Å²) in [5, 5.41) is 2.80. The number of amides is 1. The van der Waals surface area contributed by atoms with Crippen LogP contribution >= 0.6 is 0 Å². The van der Waals surface area contributed by atoms with Gasteiger partial charge in [0.05, 0.1) is 7.11 Å². The van der Waals surface area contributed by atoms with Crippen molar-refractivity contribution in [2.24, 2.45) is 0 Å². The van der Waals surface area contributed by atoms with Gasteiger partial charge in [-0.1, -0.05) is 6.92 Å². The molecule has 0 bridgehead atoms. The highest BCUT2D eigenvalue weighted by Crippen LogP contribution is 2.20. The first kappa shape index (κ1) is 13.5. The third kappa shape index (κ3) is 4.44. The molecule has 94 valence electrons. The van der Waals surface area contributed by atoms with Crippen LogP contribution in [0, 0.1) is 6.92 Å². The van der Waals surface area contributed by atoms with Crippen LogP contribution in [0.2, 0.25) is 0 Å². The van der Waals surface area contributed by atoms with Crippen LogP contribution in [-0.2, 0) is 9.53 Å². The number of anilines is 1. The first-order valence-electron chi connectivity index (χ1n) is 5.69. The van der Waals surface area contributed by atoms with E-state index in [0.29, 0.717) is 6.61 Å². The molecule has 0 saturated heterocycles. The SMILES string of the molecule is CCCOCC(=O)Nc1ccc(OC)cc1C. The minimum atomic E-state index is -0.133. The molecule has 1 aromatic carbocycles. The summed E-state index contributed by atoms with van der Waals surface area (Å²) in [6.07, 6.45) is 0.912. The number of rotatable bonds is 6. The van der Waals surface area contributed by atoms with E-state index in [1.54, 1.807) is 7.11 Å². The highest BCUT2D eigenvalue weighted by atomic mass is 16.5. The highest BCUT2D eigenvalue weighted by Gasteiger charge is 2.05. The summed E-state index contributed by atoms with van der Waals surface area (Å²) in [5.41, 5.74) is 1.75. The Morgan fingerprint density at radius 3 is 2.76 bits per heavy atom. The standard InChI is InChI=1S/C13H19NO3/c1-4-7-17-9-13(15)14-12-6-5-11(16-3)8-10(12)2/h5-6,8H,4,7,9H2,1-3H3,(H,14,15). The van der Waals surface area contributed by atoms with Gasteiger partial charge >= 0.3 is 0 Å². The van der Waals surface area contributed by atoms with Crippen molar-refractivity contribution in [1.82, 2.24) is 0 Å². The van der Waals surface area contributed by atoms with Crippen molar-refractivity contribution >= 4 is 11.6 Å². The number of aryl methyl sites for hydroxylation is 1. The summed E-state index contributed by atoms with van der Waals surface area (Å²) in [6.45, 7) is 4.63. The maximum Gasteiger partial charge on any atom is 0.250 e. The predicted octanol–water partition coefficient (Wildman–Crippen LogP) is 2.37. The Labute approximate surface area is 102 Å². The normalized spacial score (nSPS) is 10.1. The molecule has 1 N–H and O–H groups in total. The minimum Gasteiger partial charge on any atom is -0.497 e. The van der Waals surface area contributed by atoms with Crippen LogP contribution in [0.25, 0.3) is 0 Å². The Morgan fingerprint density at radius 2 is 2.18 bits per heavy atom. The third-order valence-electron chi connectivity index (χ3n) is 2.29. The van der Waals surface area contributed by atoms with E-state index in [-0.39, 0.29) is 12.5 Å². The molecule has 0 aliphatic rings. The lowest BCUT2D eigenvalue weighted by atomic mass is 10.2. The van der Waals surface area contributed by atoms with Gasteiger partial charge in [0.15, 0.2) is 0 Å². The zero-order valence-electron chi connectivity index (χ0n) is 10.6. The predicted molar refractivity (Wildman–Crippen MR) is 67.5 cm³/mol. The fourth-order valence-corrected chi connectivity index (χ4v) is 1.40. The van der Waals surface area contributed by atoms with Crippen LogP contribution in [0.15, 0.2) is 18.2 Å². The van der Waals surface area contributed by atoms with Gasteiger partial charge in [0, 0.05) is 12.3 Å². The topological polar surface area (TPSA) is 47.6 Å². The summed E-state index contributed by atoms with van der Waals surface area (Å²) >= 11 is 0. The Bertz CT molecular complexity index is 377. The van der Waals surface area contributed by atoms with Gasteiger partial charge in [-0.3, -0.25) is 4.79 Å². The second-order valence-electron chi connectivity index (χ2n) is 3.78. The van der Waals surface area contributed by atoms with Crippen LogP contribution in [-0.4, -0.2) is 26.2 Å². The van der Waals surface area contributed by atoms with Crippen molar-refractivity contribution in [3.63, 3.8) is 0 Å². The van der Waals surface area contributed by atoms with Crippen molar-refractivity contribution in [3.8, 4) is 5.75 Å². The molecule has 1 amide bonds. The van der Waals surface area contributed by atoms with E-state index in [9.17, 15) is 4.79 Å². The quantitative estimate of drug-likeness (QED) is 0.773. The molecule has 0 saturated carbocycles. The lowest BCUT2D eigenvalue weighted by Gasteiger charge is -2.10. The molecule has 0 atom stereocenters. The van der Waals surface area contributed by atoms with Crippen LogP contribution in [0.1, 0.15) is 18.9 Å². The summed E-state index contributed by atoms with van der Waals surface area (Å²) in [5.74, 6) is 0.648. The molecule has 1 rings (SSSR count). The molecular weight excluding hydrogens is 218 g/mol. The van der Waals surface area contributed by atoms with Gasteiger partial charge in [0.2, 0.25) is 5.91 Å². The van der Waals surface area contributed by atoms with E-state index in [1.807, 2.05) is 32.0 Å². The van der Waals surface area contributed by atoms with Crippen molar-refractivity contribution in [1.29, 1.82) is 0 Å². The largest absolute Gasteiger partial charge is 0.497 e. The number of hydrogen-bond donors (Lipinski definition) is 1. The highest BCUT2D eigenvalue weighted by molar-refractivity contribution is 5.92. The van der Waals surface area contributed by atoms with E-state index >= 15 is 0 Å². The molecule has 0 radical (unpaired) electrons. The summed E-state index contributed by atoms with van der Waals surface area (Å²) in [7, 11) is 1.62. The van der Waals surface area contributed by atoms with Crippen molar-refractivity contribution in [2.75, 3.05) is 25.6 Å². The molecular formula is C13H19NO3. The Morgan fingerprint density at radius 1 is 1.41 bits per heavy atom. The van der Waals surface area contributed by atoms with Gasteiger partial charge in [0.25, 0.3) is 0 Å². The lowest BCUT2D eigenvalue weighted by Crippen LogP contribution is -2.19. The van der Waals surface area contributed by atoms with Crippen molar-refractivity contribution in [3.05, 3.63) is 23.8 Å². The first-order chi connectivity index (χ1) is 8.17. The van der Waals surface area contributed by atoms with Crippen molar-refractivity contribution in [2.45, 2.75) is 20.3 Å². The molecule has 1 aromatic rings. The fourth-order valence-electron chi connectivity index (χ4n) is 1.40. The molecule has 0 spiro atoms. The number of hydrogen-bond acceptors (Lipinski definition) is 3. The Hall–Kier alpha value is -1.55. The molecule has 0 unspecified atom stereocenters. The molecule has 4 nitrogen and oxygen atoms in total. The van der Waals surface area contributed by atoms with Gasteiger partial charge in [-0.15, -0.1) is 0 Å². The number of benzene rings is 1. The lowest BCUT2D eigenvalue weighted by molar-refractivity contribution is -0.120. The van der Waals surface area contributed by atoms with Gasteiger partial charge < -0.3 is 14.8 Å². The summed E-state index contributed by atoms with van der Waals surface area (Å²) < 4.78 is 10.3. The Kier molecular flexibility index (Phi) is 5.49. The van der Waals surface area contributed by atoms with Gasteiger partial charge in [-0.2, -0.15) is 0 Å². The first-order valence-corrected chi connectivity index (χ1v) is 5.69. The van der Waals surface area contributed by atoms with Gasteiger partial charge in [-0.25, -0.2) is 0 Å². The molecule has 0 fully saturated rings. The van der Waals surface area contributed by atoms with Gasteiger partial charge in [-0.05, 0) is 37.1 Å². The van der Waals surface area contributed by atoms with E-state index in [4.69, 9.17) is 9.47 Å². The molecule has 0 aliphatic carbocycles. The van der Waals surface area contributed by atoms with E-state index in [0.717, 1.165) is 23.4 Å². The van der Waals surface area contributed by atoms with E-state index in [1.165, 1.54) is 0 Å². The number of carbonyl (C=O) groups is 1. The number of ether oxygens (including phenoxy) is 2. The second kappa shape index (κ2) is 6.91. The summed E-state index contributed by atoms with van der Waals surface area (Å²) in [6, 6.07) is 5.52. The minimum absolute atomic E-state index is 0.0965. The van der Waals surface area contributed by atoms with E-state index < -0.39 is 0 Å². The van der Waals surface area contributed by atoms with Crippen LogP contribution in [0.3, 0.4) is 0 Å². The van der Waals surface area contributed by atoms with Crippen molar-refractivity contribution < 1.29 is 14.3 Å². The maximum atomic E-state index is 11.5.